The van der Waals surface area contributed by atoms with Gasteiger partial charge in [-0.05, 0) is 39.0 Å². The summed E-state index contributed by atoms with van der Waals surface area (Å²) in [5.41, 5.74) is 2.06. The van der Waals surface area contributed by atoms with Crippen LogP contribution >= 0.6 is 11.6 Å². The molecule has 0 spiro atoms. The summed E-state index contributed by atoms with van der Waals surface area (Å²) < 4.78 is 11.2. The molecule has 5 nitrogen and oxygen atoms in total. The van der Waals surface area contributed by atoms with E-state index in [1.54, 1.807) is 0 Å². The van der Waals surface area contributed by atoms with E-state index in [2.05, 4.69) is 22.4 Å². The van der Waals surface area contributed by atoms with Gasteiger partial charge in [0.2, 0.25) is 0 Å². The minimum Gasteiger partial charge on any atom is -0.466 e. The Morgan fingerprint density at radius 2 is 1.87 bits per heavy atom. The highest BCUT2D eigenvalue weighted by Crippen LogP contribution is 2.25. The van der Waals surface area contributed by atoms with Crippen molar-refractivity contribution in [1.29, 1.82) is 0 Å². The van der Waals surface area contributed by atoms with Crippen molar-refractivity contribution < 1.29 is 14.2 Å². The van der Waals surface area contributed by atoms with Crippen molar-refractivity contribution in [1.82, 2.24) is 10.2 Å². The third-order valence-corrected chi connectivity index (χ3v) is 4.03. The second-order valence-corrected chi connectivity index (χ2v) is 6.04. The Labute approximate surface area is 139 Å². The molecule has 0 bridgehead atoms. The lowest BCUT2D eigenvalue weighted by atomic mass is 10.1. The third-order valence-electron chi connectivity index (χ3n) is 3.78. The fraction of sp³-hybridized carbons (Fsp3) is 0.294. The van der Waals surface area contributed by atoms with Crippen molar-refractivity contribution in [2.24, 2.45) is 0 Å². The topological polar surface area (TPSA) is 68.7 Å². The smallest absolute Gasteiger partial charge is 0.271 e. The van der Waals surface area contributed by atoms with Gasteiger partial charge in [-0.1, -0.05) is 23.7 Å². The Hall–Kier alpha value is -2.11. The summed E-state index contributed by atoms with van der Waals surface area (Å²) in [6, 6.07) is 10.0. The molecule has 3 aromatic rings. The molecule has 2 heterocycles. The molecular weight excluding hydrogens is 314 g/mol. The highest BCUT2D eigenvalue weighted by molar-refractivity contribution is 6.30. The van der Waals surface area contributed by atoms with Crippen LogP contribution in [0.15, 0.2) is 39.2 Å². The van der Waals surface area contributed by atoms with E-state index in [0.29, 0.717) is 18.3 Å². The summed E-state index contributed by atoms with van der Waals surface area (Å²) >= 11 is 5.91. The second kappa shape index (κ2) is 6.56. The lowest BCUT2D eigenvalue weighted by Gasteiger charge is -2.09. The van der Waals surface area contributed by atoms with Gasteiger partial charge >= 0.3 is 0 Å². The molecule has 0 aliphatic rings. The summed E-state index contributed by atoms with van der Waals surface area (Å²) in [5.74, 6) is 2.72. The van der Waals surface area contributed by atoms with Crippen molar-refractivity contribution in [2.45, 2.75) is 33.4 Å². The number of nitrogens with zero attached hydrogens (tertiary/aromatic N) is 2. The standard InChI is InChI=1S/C17H18ClN3O2/c1-10-8-15(12(3)22-10)17-21-20-16(23-17)9-19-11(2)13-4-6-14(18)7-5-13/h4-8,11,19H,9H2,1-3H3/p+1/t11-/m1/s1. The number of halogens is 1. The molecule has 2 aromatic heterocycles. The maximum atomic E-state index is 5.91. The largest absolute Gasteiger partial charge is 0.466 e. The molecule has 120 valence electrons. The molecule has 1 atom stereocenters. The Balaban J connectivity index is 1.65. The number of quaternary nitrogens is 1. The molecule has 0 unspecified atom stereocenters. The highest BCUT2D eigenvalue weighted by Gasteiger charge is 2.16. The van der Waals surface area contributed by atoms with Gasteiger partial charge in [0.15, 0.2) is 6.54 Å². The van der Waals surface area contributed by atoms with Gasteiger partial charge in [-0.25, -0.2) is 0 Å². The van der Waals surface area contributed by atoms with Crippen LogP contribution in [-0.4, -0.2) is 10.2 Å². The molecule has 0 saturated heterocycles. The molecule has 0 fully saturated rings. The van der Waals surface area contributed by atoms with Crippen LogP contribution in [0.5, 0.6) is 0 Å². The zero-order chi connectivity index (χ0) is 16.4. The van der Waals surface area contributed by atoms with E-state index >= 15 is 0 Å². The summed E-state index contributed by atoms with van der Waals surface area (Å²) in [5, 5.41) is 11.1. The fourth-order valence-electron chi connectivity index (χ4n) is 2.47. The van der Waals surface area contributed by atoms with Crippen LogP contribution in [0.25, 0.3) is 11.5 Å². The van der Waals surface area contributed by atoms with Gasteiger partial charge in [0, 0.05) is 10.6 Å². The van der Waals surface area contributed by atoms with Gasteiger partial charge in [0.1, 0.15) is 17.6 Å². The maximum Gasteiger partial charge on any atom is 0.271 e. The molecule has 23 heavy (non-hydrogen) atoms. The number of aromatic nitrogens is 2. The average Bonchev–Trinajstić information content (AvgIpc) is 3.11. The molecule has 0 aliphatic carbocycles. The highest BCUT2D eigenvalue weighted by atomic mass is 35.5. The average molecular weight is 333 g/mol. The van der Waals surface area contributed by atoms with E-state index in [1.807, 2.05) is 44.2 Å². The van der Waals surface area contributed by atoms with E-state index < -0.39 is 0 Å². The van der Waals surface area contributed by atoms with Gasteiger partial charge in [0.05, 0.1) is 5.56 Å². The van der Waals surface area contributed by atoms with E-state index in [9.17, 15) is 0 Å². The van der Waals surface area contributed by atoms with Crippen LogP contribution in [-0.2, 0) is 6.54 Å². The Morgan fingerprint density at radius 1 is 1.13 bits per heavy atom. The second-order valence-electron chi connectivity index (χ2n) is 5.61. The molecule has 2 N–H and O–H groups in total. The number of hydrogen-bond donors (Lipinski definition) is 1. The van der Waals surface area contributed by atoms with Crippen molar-refractivity contribution >= 4 is 11.6 Å². The van der Waals surface area contributed by atoms with Gasteiger partial charge in [0.25, 0.3) is 11.8 Å². The van der Waals surface area contributed by atoms with Gasteiger partial charge in [-0.3, -0.25) is 0 Å². The number of rotatable bonds is 5. The van der Waals surface area contributed by atoms with Gasteiger partial charge in [-0.15, -0.1) is 10.2 Å². The Morgan fingerprint density at radius 3 is 2.52 bits per heavy atom. The van der Waals surface area contributed by atoms with Crippen LogP contribution in [0.4, 0.5) is 0 Å². The number of benzene rings is 1. The zero-order valence-electron chi connectivity index (χ0n) is 13.3. The predicted molar refractivity (Wildman–Crippen MR) is 87.0 cm³/mol. The van der Waals surface area contributed by atoms with Crippen LogP contribution in [0.1, 0.15) is 35.9 Å². The number of furan rings is 1. The molecule has 1 aromatic carbocycles. The predicted octanol–water partition coefficient (Wildman–Crippen LogP) is 3.42. The lowest BCUT2D eigenvalue weighted by molar-refractivity contribution is -0.709. The molecule has 0 saturated carbocycles. The molecule has 6 heteroatoms. The minimum atomic E-state index is 0.278. The van der Waals surface area contributed by atoms with E-state index in [4.69, 9.17) is 20.4 Å². The van der Waals surface area contributed by atoms with E-state index in [-0.39, 0.29) is 6.04 Å². The monoisotopic (exact) mass is 332 g/mol. The van der Waals surface area contributed by atoms with E-state index in [0.717, 1.165) is 22.1 Å². The van der Waals surface area contributed by atoms with Crippen molar-refractivity contribution in [3.8, 4) is 11.5 Å². The van der Waals surface area contributed by atoms with Crippen LogP contribution < -0.4 is 5.32 Å². The normalized spacial score (nSPS) is 12.5. The Bertz CT molecular complexity index is 793. The summed E-state index contributed by atoms with van der Waals surface area (Å²) in [6.45, 7) is 6.53. The number of hydrogen-bond acceptors (Lipinski definition) is 4. The number of aryl methyl sites for hydroxylation is 2. The van der Waals surface area contributed by atoms with Gasteiger partial charge < -0.3 is 14.2 Å². The van der Waals surface area contributed by atoms with Crippen molar-refractivity contribution in [2.75, 3.05) is 0 Å². The summed E-state index contributed by atoms with van der Waals surface area (Å²) in [7, 11) is 0. The fourth-order valence-corrected chi connectivity index (χ4v) is 2.59. The van der Waals surface area contributed by atoms with Crippen LogP contribution in [0, 0.1) is 13.8 Å². The molecular formula is C17H19ClN3O2+. The lowest BCUT2D eigenvalue weighted by Crippen LogP contribution is -2.83. The summed E-state index contributed by atoms with van der Waals surface area (Å²) in [4.78, 5) is 0. The molecule has 0 amide bonds. The van der Waals surface area contributed by atoms with Crippen molar-refractivity contribution in [3.63, 3.8) is 0 Å². The summed E-state index contributed by atoms with van der Waals surface area (Å²) in [6.07, 6.45) is 0. The minimum absolute atomic E-state index is 0.278. The van der Waals surface area contributed by atoms with Crippen LogP contribution in [0.3, 0.4) is 0 Å². The quantitative estimate of drug-likeness (QED) is 0.777. The molecule has 3 rings (SSSR count). The Kier molecular flexibility index (Phi) is 4.50. The van der Waals surface area contributed by atoms with Crippen LogP contribution in [0.2, 0.25) is 5.02 Å². The first-order valence-corrected chi connectivity index (χ1v) is 7.89. The molecule has 0 aliphatic heterocycles. The van der Waals surface area contributed by atoms with E-state index in [1.165, 1.54) is 5.56 Å². The first-order valence-electron chi connectivity index (χ1n) is 7.51. The first-order chi connectivity index (χ1) is 11.0. The first kappa shape index (κ1) is 15.8. The SMILES string of the molecule is Cc1cc(-c2nnc(C[NH2+][C@H](C)c3ccc(Cl)cc3)o2)c(C)o1. The van der Waals surface area contributed by atoms with Crippen molar-refractivity contribution in [3.05, 3.63) is 58.3 Å². The zero-order valence-corrected chi connectivity index (χ0v) is 14.1. The maximum absolute atomic E-state index is 5.91. The van der Waals surface area contributed by atoms with Gasteiger partial charge in [-0.2, -0.15) is 0 Å². The number of nitrogens with two attached hydrogens (primary N) is 1. The third kappa shape index (κ3) is 3.63. The molecule has 0 radical (unpaired) electrons.